The summed E-state index contributed by atoms with van der Waals surface area (Å²) >= 11 is 0. The first-order valence-corrected chi connectivity index (χ1v) is 8.60. The van der Waals surface area contributed by atoms with Crippen molar-refractivity contribution < 1.29 is 22.4 Å². The molecule has 0 unspecified atom stereocenters. The Morgan fingerprint density at radius 1 is 1.03 bits per heavy atom. The van der Waals surface area contributed by atoms with Crippen LogP contribution in [0.2, 0.25) is 0 Å². The Balaban J connectivity index is 1.60. The van der Waals surface area contributed by atoms with E-state index in [1.807, 2.05) is 0 Å². The van der Waals surface area contributed by atoms with Gasteiger partial charge in [0.2, 0.25) is 5.89 Å². The van der Waals surface area contributed by atoms with Gasteiger partial charge in [-0.25, -0.2) is 22.9 Å². The van der Waals surface area contributed by atoms with Crippen LogP contribution in [0.25, 0.3) is 22.7 Å². The number of aryl methyl sites for hydroxylation is 1. The third kappa shape index (κ3) is 3.90. The summed E-state index contributed by atoms with van der Waals surface area (Å²) < 4.78 is 47.6. The van der Waals surface area contributed by atoms with Gasteiger partial charge in [-0.2, -0.15) is 4.68 Å². The molecular formula is C19H11F3N6O3. The Bertz CT molecular complexity index is 1330. The van der Waals surface area contributed by atoms with Gasteiger partial charge in [-0.1, -0.05) is 0 Å². The van der Waals surface area contributed by atoms with E-state index in [0.717, 1.165) is 23.1 Å². The first-order chi connectivity index (χ1) is 14.8. The lowest BCUT2D eigenvalue weighted by molar-refractivity contribution is 0.101. The standard InChI is InChI=1S/C19H11F3N6O3/c1-28-19(30)31-18(27-28)9-2-3-11(20)10(4-9)14-7-25-15(8-24-14)26-17(29)16-12(21)5-23-6-13(16)22/h2-8H,1H3,(H,25,26,29). The van der Waals surface area contributed by atoms with Crippen LogP contribution in [0.4, 0.5) is 19.0 Å². The minimum Gasteiger partial charge on any atom is -0.388 e. The average molecular weight is 428 g/mol. The molecule has 3 heterocycles. The van der Waals surface area contributed by atoms with Gasteiger partial charge in [0, 0.05) is 18.2 Å². The van der Waals surface area contributed by atoms with Crippen LogP contribution in [0, 0.1) is 17.5 Å². The molecule has 9 nitrogen and oxygen atoms in total. The van der Waals surface area contributed by atoms with Crippen LogP contribution in [-0.4, -0.2) is 30.6 Å². The number of carbonyl (C=O) groups excluding carboxylic acids is 1. The zero-order valence-electron chi connectivity index (χ0n) is 15.6. The third-order valence-corrected chi connectivity index (χ3v) is 4.15. The second kappa shape index (κ2) is 7.82. The van der Waals surface area contributed by atoms with Crippen LogP contribution >= 0.6 is 0 Å². The van der Waals surface area contributed by atoms with Crippen LogP contribution in [-0.2, 0) is 7.05 Å². The van der Waals surface area contributed by atoms with E-state index in [2.05, 4.69) is 25.4 Å². The van der Waals surface area contributed by atoms with Crippen LogP contribution < -0.4 is 11.1 Å². The van der Waals surface area contributed by atoms with E-state index in [-0.39, 0.29) is 23.0 Å². The minimum atomic E-state index is -1.14. The molecule has 12 heteroatoms. The van der Waals surface area contributed by atoms with Gasteiger partial charge in [-0.3, -0.25) is 14.8 Å². The highest BCUT2D eigenvalue weighted by Gasteiger charge is 2.19. The molecule has 31 heavy (non-hydrogen) atoms. The molecule has 1 amide bonds. The molecule has 1 aromatic carbocycles. The number of amides is 1. The number of nitrogens with zero attached hydrogens (tertiary/aromatic N) is 5. The maximum Gasteiger partial charge on any atom is 0.437 e. The summed E-state index contributed by atoms with van der Waals surface area (Å²) in [5.41, 5.74) is -0.368. The summed E-state index contributed by atoms with van der Waals surface area (Å²) in [6.07, 6.45) is 3.65. The lowest BCUT2D eigenvalue weighted by Crippen LogP contribution is -2.17. The van der Waals surface area contributed by atoms with Crippen molar-refractivity contribution in [3.8, 4) is 22.7 Å². The first kappa shape index (κ1) is 19.9. The smallest absolute Gasteiger partial charge is 0.388 e. The van der Waals surface area contributed by atoms with Gasteiger partial charge < -0.3 is 9.73 Å². The maximum atomic E-state index is 14.3. The van der Waals surface area contributed by atoms with Gasteiger partial charge >= 0.3 is 5.76 Å². The predicted molar refractivity (Wildman–Crippen MR) is 100 cm³/mol. The van der Waals surface area contributed by atoms with Crippen molar-refractivity contribution in [1.82, 2.24) is 24.7 Å². The van der Waals surface area contributed by atoms with Crippen LogP contribution in [0.3, 0.4) is 0 Å². The molecular weight excluding hydrogens is 417 g/mol. The summed E-state index contributed by atoms with van der Waals surface area (Å²) in [5.74, 6) is -4.79. The van der Waals surface area contributed by atoms with E-state index >= 15 is 0 Å². The van der Waals surface area contributed by atoms with Gasteiger partial charge in [0.25, 0.3) is 5.91 Å². The number of nitrogens with one attached hydrogen (secondary N) is 1. The predicted octanol–water partition coefficient (Wildman–Crippen LogP) is 2.56. The molecule has 0 saturated heterocycles. The molecule has 4 rings (SSSR count). The number of hydrogen-bond donors (Lipinski definition) is 1. The molecule has 0 aliphatic heterocycles. The normalized spacial score (nSPS) is 10.8. The quantitative estimate of drug-likeness (QED) is 0.531. The van der Waals surface area contributed by atoms with Crippen molar-refractivity contribution in [3.05, 3.63) is 76.6 Å². The molecule has 0 fully saturated rings. The number of rotatable bonds is 4. The molecule has 0 bridgehead atoms. The fourth-order valence-electron chi connectivity index (χ4n) is 2.66. The lowest BCUT2D eigenvalue weighted by atomic mass is 10.1. The van der Waals surface area contributed by atoms with E-state index in [0.29, 0.717) is 18.0 Å². The highest BCUT2D eigenvalue weighted by molar-refractivity contribution is 6.04. The number of halogens is 3. The Morgan fingerprint density at radius 3 is 2.39 bits per heavy atom. The zero-order chi connectivity index (χ0) is 22.1. The summed E-state index contributed by atoms with van der Waals surface area (Å²) in [4.78, 5) is 34.8. The molecule has 3 aromatic heterocycles. The molecule has 156 valence electrons. The largest absolute Gasteiger partial charge is 0.437 e. The topological polar surface area (TPSA) is 116 Å². The fourth-order valence-corrected chi connectivity index (χ4v) is 2.66. The van der Waals surface area contributed by atoms with Crippen molar-refractivity contribution in [2.75, 3.05) is 5.32 Å². The van der Waals surface area contributed by atoms with Gasteiger partial charge in [0.1, 0.15) is 11.4 Å². The van der Waals surface area contributed by atoms with E-state index in [4.69, 9.17) is 4.42 Å². The molecule has 0 saturated carbocycles. The van der Waals surface area contributed by atoms with Crippen molar-refractivity contribution in [2.24, 2.45) is 7.05 Å². The van der Waals surface area contributed by atoms with Gasteiger partial charge in [-0.05, 0) is 18.2 Å². The van der Waals surface area contributed by atoms with E-state index in [9.17, 15) is 22.8 Å². The number of benzene rings is 1. The molecule has 4 aromatic rings. The van der Waals surface area contributed by atoms with Gasteiger partial charge in [0.05, 0.1) is 30.5 Å². The molecule has 1 N–H and O–H groups in total. The van der Waals surface area contributed by atoms with Gasteiger partial charge in [0.15, 0.2) is 17.5 Å². The molecule has 0 atom stereocenters. The summed E-state index contributed by atoms with van der Waals surface area (Å²) in [5, 5.41) is 6.10. The molecule has 0 aliphatic carbocycles. The third-order valence-electron chi connectivity index (χ3n) is 4.15. The van der Waals surface area contributed by atoms with E-state index < -0.39 is 34.7 Å². The Hall–Kier alpha value is -4.35. The summed E-state index contributed by atoms with van der Waals surface area (Å²) in [6.45, 7) is 0. The number of pyridine rings is 1. The highest BCUT2D eigenvalue weighted by atomic mass is 19.1. The van der Waals surface area contributed by atoms with Crippen molar-refractivity contribution in [1.29, 1.82) is 0 Å². The maximum absolute atomic E-state index is 14.3. The summed E-state index contributed by atoms with van der Waals surface area (Å²) in [6, 6.07) is 3.89. The van der Waals surface area contributed by atoms with Crippen molar-refractivity contribution in [2.45, 2.75) is 0 Å². The second-order valence-electron chi connectivity index (χ2n) is 6.21. The Kier molecular flexibility index (Phi) is 5.03. The van der Waals surface area contributed by atoms with Crippen LogP contribution in [0.1, 0.15) is 10.4 Å². The highest BCUT2D eigenvalue weighted by Crippen LogP contribution is 2.26. The molecule has 0 aliphatic rings. The van der Waals surface area contributed by atoms with Crippen LogP contribution in [0.15, 0.2) is 52.2 Å². The van der Waals surface area contributed by atoms with E-state index in [1.165, 1.54) is 19.2 Å². The average Bonchev–Trinajstić information content (AvgIpc) is 3.07. The lowest BCUT2D eigenvalue weighted by Gasteiger charge is -2.07. The summed E-state index contributed by atoms with van der Waals surface area (Å²) in [7, 11) is 1.40. The minimum absolute atomic E-state index is 0.00741. The van der Waals surface area contributed by atoms with Crippen molar-refractivity contribution >= 4 is 11.7 Å². The van der Waals surface area contributed by atoms with Crippen molar-refractivity contribution in [3.63, 3.8) is 0 Å². The number of anilines is 1. The fraction of sp³-hybridized carbons (Fsp3) is 0.0526. The number of carbonyl (C=O) groups is 1. The van der Waals surface area contributed by atoms with Crippen LogP contribution in [0.5, 0.6) is 0 Å². The first-order valence-electron chi connectivity index (χ1n) is 8.60. The Labute approximate surface area is 171 Å². The van der Waals surface area contributed by atoms with E-state index in [1.54, 1.807) is 0 Å². The SMILES string of the molecule is Cn1nc(-c2ccc(F)c(-c3cnc(NC(=O)c4c(F)cncc4F)cn3)c2)oc1=O. The van der Waals surface area contributed by atoms with Gasteiger partial charge in [-0.15, -0.1) is 5.10 Å². The number of hydrogen-bond acceptors (Lipinski definition) is 7. The second-order valence-corrected chi connectivity index (χ2v) is 6.21. The molecule has 0 radical (unpaired) electrons. The zero-order valence-corrected chi connectivity index (χ0v) is 15.6. The Morgan fingerprint density at radius 2 is 1.77 bits per heavy atom. The molecule has 0 spiro atoms. The monoisotopic (exact) mass is 428 g/mol. The number of aromatic nitrogens is 5.